The topological polar surface area (TPSA) is 61.6 Å². The molecule has 4 nitrogen and oxygen atoms in total. The van der Waals surface area contributed by atoms with Gasteiger partial charge in [0.05, 0.1) is 7.11 Å². The molecule has 88 valence electrons. The van der Waals surface area contributed by atoms with Crippen LogP contribution in [0.1, 0.15) is 13.8 Å². The van der Waals surface area contributed by atoms with Gasteiger partial charge in [-0.3, -0.25) is 4.79 Å². The first kappa shape index (κ1) is 12.4. The molecule has 1 rings (SSSR count). The second-order valence-corrected chi connectivity index (χ2v) is 3.84. The maximum Gasteiger partial charge on any atom is 0.258 e. The normalized spacial score (nSPS) is 12.2. The molecular formula is C12H17NO3. The molecule has 1 amide bonds. The standard InChI is InChI=1S/C12H17NO3/c1-8(2)11(12(13)14)16-10-7-5-4-6-9(10)15-3/h4-8,11H,1-3H3,(H2,13,14). The van der Waals surface area contributed by atoms with Crippen molar-refractivity contribution in [2.45, 2.75) is 20.0 Å². The van der Waals surface area contributed by atoms with Crippen LogP contribution in [0.2, 0.25) is 0 Å². The third-order valence-corrected chi connectivity index (χ3v) is 2.21. The number of methoxy groups -OCH3 is 1. The van der Waals surface area contributed by atoms with Crippen molar-refractivity contribution in [1.82, 2.24) is 0 Å². The SMILES string of the molecule is COc1ccccc1OC(C(N)=O)C(C)C. The summed E-state index contributed by atoms with van der Waals surface area (Å²) in [7, 11) is 1.55. The fraction of sp³-hybridized carbons (Fsp3) is 0.417. The summed E-state index contributed by atoms with van der Waals surface area (Å²) in [6.45, 7) is 3.76. The number of amides is 1. The number of carbonyl (C=O) groups excluding carboxylic acids is 1. The number of hydrogen-bond acceptors (Lipinski definition) is 3. The fourth-order valence-electron chi connectivity index (χ4n) is 1.38. The van der Waals surface area contributed by atoms with Gasteiger partial charge >= 0.3 is 0 Å². The first-order chi connectivity index (χ1) is 7.56. The largest absolute Gasteiger partial charge is 0.493 e. The number of nitrogens with two attached hydrogens (primary N) is 1. The van der Waals surface area contributed by atoms with Gasteiger partial charge in [-0.2, -0.15) is 0 Å². The van der Waals surface area contributed by atoms with Gasteiger partial charge in [-0.05, 0) is 18.1 Å². The molecule has 0 aliphatic heterocycles. The van der Waals surface area contributed by atoms with Crippen LogP contribution >= 0.6 is 0 Å². The monoisotopic (exact) mass is 223 g/mol. The first-order valence-electron chi connectivity index (χ1n) is 5.15. The number of benzene rings is 1. The van der Waals surface area contributed by atoms with E-state index >= 15 is 0 Å². The van der Waals surface area contributed by atoms with Gasteiger partial charge in [-0.1, -0.05) is 26.0 Å². The highest BCUT2D eigenvalue weighted by atomic mass is 16.5. The summed E-state index contributed by atoms with van der Waals surface area (Å²) in [5, 5.41) is 0. The summed E-state index contributed by atoms with van der Waals surface area (Å²) in [6, 6.07) is 7.17. The molecule has 16 heavy (non-hydrogen) atoms. The Kier molecular flexibility index (Phi) is 4.17. The van der Waals surface area contributed by atoms with E-state index < -0.39 is 12.0 Å². The predicted molar refractivity (Wildman–Crippen MR) is 61.4 cm³/mol. The minimum Gasteiger partial charge on any atom is -0.493 e. The lowest BCUT2D eigenvalue weighted by molar-refractivity contribution is -0.126. The van der Waals surface area contributed by atoms with E-state index in [1.165, 1.54) is 0 Å². The van der Waals surface area contributed by atoms with Crippen molar-refractivity contribution in [3.05, 3.63) is 24.3 Å². The Balaban J connectivity index is 2.89. The van der Waals surface area contributed by atoms with Crippen LogP contribution in [0.25, 0.3) is 0 Å². The van der Waals surface area contributed by atoms with E-state index in [1.807, 2.05) is 26.0 Å². The van der Waals surface area contributed by atoms with E-state index in [0.29, 0.717) is 11.5 Å². The molecule has 0 aliphatic carbocycles. The molecule has 0 radical (unpaired) electrons. The fourth-order valence-corrected chi connectivity index (χ4v) is 1.38. The second kappa shape index (κ2) is 5.39. The average Bonchev–Trinajstić information content (AvgIpc) is 2.25. The lowest BCUT2D eigenvalue weighted by Gasteiger charge is -2.20. The molecule has 0 saturated heterocycles. The highest BCUT2D eigenvalue weighted by Gasteiger charge is 2.22. The average molecular weight is 223 g/mol. The Labute approximate surface area is 95.3 Å². The number of rotatable bonds is 5. The van der Waals surface area contributed by atoms with E-state index in [1.54, 1.807) is 19.2 Å². The molecule has 0 heterocycles. The van der Waals surface area contributed by atoms with Crippen molar-refractivity contribution >= 4 is 5.91 Å². The lowest BCUT2D eigenvalue weighted by atomic mass is 10.1. The van der Waals surface area contributed by atoms with Crippen LogP contribution in [0.4, 0.5) is 0 Å². The quantitative estimate of drug-likeness (QED) is 0.824. The number of para-hydroxylation sites is 2. The lowest BCUT2D eigenvalue weighted by Crippen LogP contribution is -2.38. The molecule has 2 N–H and O–H groups in total. The highest BCUT2D eigenvalue weighted by molar-refractivity contribution is 5.79. The molecule has 1 aromatic rings. The van der Waals surface area contributed by atoms with Gasteiger partial charge in [0.15, 0.2) is 17.6 Å². The van der Waals surface area contributed by atoms with Crippen LogP contribution in [0, 0.1) is 5.92 Å². The van der Waals surface area contributed by atoms with Crippen LogP contribution in [0.5, 0.6) is 11.5 Å². The molecule has 0 aromatic heterocycles. The van der Waals surface area contributed by atoms with Crippen LogP contribution in [0.15, 0.2) is 24.3 Å². The van der Waals surface area contributed by atoms with E-state index in [0.717, 1.165) is 0 Å². The summed E-state index contributed by atoms with van der Waals surface area (Å²) in [5.41, 5.74) is 5.27. The number of primary amides is 1. The maximum absolute atomic E-state index is 11.2. The Morgan fingerprint density at radius 3 is 2.25 bits per heavy atom. The van der Waals surface area contributed by atoms with Crippen molar-refractivity contribution < 1.29 is 14.3 Å². The van der Waals surface area contributed by atoms with Crippen molar-refractivity contribution in [3.63, 3.8) is 0 Å². The van der Waals surface area contributed by atoms with Crippen molar-refractivity contribution in [2.24, 2.45) is 11.7 Å². The van der Waals surface area contributed by atoms with E-state index in [4.69, 9.17) is 15.2 Å². The van der Waals surface area contributed by atoms with Crippen molar-refractivity contribution in [2.75, 3.05) is 7.11 Å². The summed E-state index contributed by atoms with van der Waals surface area (Å²) < 4.78 is 10.7. The van der Waals surface area contributed by atoms with Crippen molar-refractivity contribution in [3.8, 4) is 11.5 Å². The predicted octanol–water partition coefficient (Wildman–Crippen LogP) is 1.58. The zero-order chi connectivity index (χ0) is 12.1. The Hall–Kier alpha value is -1.71. The van der Waals surface area contributed by atoms with E-state index in [9.17, 15) is 4.79 Å². The van der Waals surface area contributed by atoms with Gasteiger partial charge in [0.25, 0.3) is 5.91 Å². The second-order valence-electron chi connectivity index (χ2n) is 3.84. The van der Waals surface area contributed by atoms with Crippen LogP contribution in [-0.2, 0) is 4.79 Å². The molecule has 0 aliphatic rings. The Morgan fingerprint density at radius 2 is 1.81 bits per heavy atom. The third-order valence-electron chi connectivity index (χ3n) is 2.21. The van der Waals surface area contributed by atoms with Gasteiger partial charge in [0.2, 0.25) is 0 Å². The molecule has 1 unspecified atom stereocenters. The molecule has 0 bridgehead atoms. The minimum atomic E-state index is -0.642. The number of carbonyl (C=O) groups is 1. The van der Waals surface area contributed by atoms with Gasteiger partial charge in [-0.25, -0.2) is 0 Å². The van der Waals surface area contributed by atoms with E-state index in [-0.39, 0.29) is 5.92 Å². The molecule has 0 saturated carbocycles. The van der Waals surface area contributed by atoms with Gasteiger partial charge in [0, 0.05) is 0 Å². The smallest absolute Gasteiger partial charge is 0.258 e. The van der Waals surface area contributed by atoms with Gasteiger partial charge < -0.3 is 15.2 Å². The summed E-state index contributed by atoms with van der Waals surface area (Å²) in [6.07, 6.45) is -0.642. The van der Waals surface area contributed by atoms with Crippen molar-refractivity contribution in [1.29, 1.82) is 0 Å². The Morgan fingerprint density at radius 1 is 1.25 bits per heavy atom. The number of hydrogen-bond donors (Lipinski definition) is 1. The van der Waals surface area contributed by atoms with E-state index in [2.05, 4.69) is 0 Å². The number of ether oxygens (including phenoxy) is 2. The first-order valence-corrected chi connectivity index (χ1v) is 5.15. The maximum atomic E-state index is 11.2. The molecular weight excluding hydrogens is 206 g/mol. The van der Waals surface area contributed by atoms with Crippen LogP contribution in [-0.4, -0.2) is 19.1 Å². The van der Waals surface area contributed by atoms with Crippen LogP contribution < -0.4 is 15.2 Å². The van der Waals surface area contributed by atoms with Gasteiger partial charge in [-0.15, -0.1) is 0 Å². The van der Waals surface area contributed by atoms with Gasteiger partial charge in [0.1, 0.15) is 0 Å². The molecule has 0 spiro atoms. The highest BCUT2D eigenvalue weighted by Crippen LogP contribution is 2.27. The molecule has 1 atom stereocenters. The zero-order valence-corrected chi connectivity index (χ0v) is 9.77. The zero-order valence-electron chi connectivity index (χ0n) is 9.77. The summed E-state index contributed by atoms with van der Waals surface area (Å²) in [5.74, 6) is 0.667. The Bertz CT molecular complexity index is 363. The summed E-state index contributed by atoms with van der Waals surface area (Å²) in [4.78, 5) is 11.2. The van der Waals surface area contributed by atoms with Crippen LogP contribution in [0.3, 0.4) is 0 Å². The molecule has 0 fully saturated rings. The molecule has 4 heteroatoms. The summed E-state index contributed by atoms with van der Waals surface area (Å²) >= 11 is 0. The molecule has 1 aromatic carbocycles. The minimum absolute atomic E-state index is 0.0161. The third kappa shape index (κ3) is 2.89.